The van der Waals surface area contributed by atoms with Gasteiger partial charge in [-0.3, -0.25) is 4.90 Å². The van der Waals surface area contributed by atoms with Crippen LogP contribution in [0.1, 0.15) is 102 Å². The maximum Gasteiger partial charge on any atom is 0.330 e. The Morgan fingerprint density at radius 2 is 2.04 bits per heavy atom. The summed E-state index contributed by atoms with van der Waals surface area (Å²) in [5.41, 5.74) is 7.62. The highest BCUT2D eigenvalue weighted by molar-refractivity contribution is 7.16. The van der Waals surface area contributed by atoms with Gasteiger partial charge in [-0.2, -0.15) is 10.2 Å². The van der Waals surface area contributed by atoms with E-state index >= 15 is 0 Å². The van der Waals surface area contributed by atoms with Gasteiger partial charge in [0.1, 0.15) is 16.8 Å². The second-order valence-electron chi connectivity index (χ2n) is 15.0. The second-order valence-corrected chi connectivity index (χ2v) is 16.1. The van der Waals surface area contributed by atoms with Gasteiger partial charge in [0.25, 0.3) is 5.88 Å². The number of rotatable bonds is 12. The zero-order chi connectivity index (χ0) is 37.2. The Morgan fingerprint density at radius 1 is 1.23 bits per heavy atom. The average Bonchev–Trinajstić information content (AvgIpc) is 3.85. The topological polar surface area (TPSA) is 187 Å². The molecule has 0 spiro atoms. The summed E-state index contributed by atoms with van der Waals surface area (Å²) >= 11 is 1.48. The Kier molecular flexibility index (Phi) is 10.8. The van der Waals surface area contributed by atoms with Gasteiger partial charge in [-0.05, 0) is 84.7 Å². The number of nitrogens with two attached hydrogens (primary N) is 1. The van der Waals surface area contributed by atoms with Gasteiger partial charge < -0.3 is 24.6 Å². The summed E-state index contributed by atoms with van der Waals surface area (Å²) in [6.45, 7) is 15.8. The molecule has 0 saturated carbocycles. The van der Waals surface area contributed by atoms with Crippen LogP contribution in [0.25, 0.3) is 11.5 Å². The quantitative estimate of drug-likeness (QED) is 0.148. The van der Waals surface area contributed by atoms with Gasteiger partial charge in [-0.15, -0.1) is 11.3 Å². The van der Waals surface area contributed by atoms with Crippen molar-refractivity contribution in [3.8, 4) is 23.5 Å². The first-order valence-corrected chi connectivity index (χ1v) is 18.8. The highest BCUT2D eigenvalue weighted by Crippen LogP contribution is 2.48. The number of ether oxygens (including phenoxy) is 2. The predicted octanol–water partition coefficient (Wildman–Crippen LogP) is 5.18. The molecule has 1 aliphatic heterocycles. The zero-order valence-corrected chi connectivity index (χ0v) is 31.9. The minimum absolute atomic E-state index is 0.00155. The van der Waals surface area contributed by atoms with Crippen molar-refractivity contribution in [2.75, 3.05) is 44.0 Å². The molecule has 0 radical (unpaired) electrons. The lowest BCUT2D eigenvalue weighted by Crippen LogP contribution is -2.46. The van der Waals surface area contributed by atoms with Gasteiger partial charge in [0.05, 0.1) is 30.9 Å². The number of fused-ring (bicyclic) bond motifs is 1. The number of unbranched alkanes of at least 4 members (excludes halogenated alkanes) is 1. The van der Waals surface area contributed by atoms with E-state index in [1.54, 1.807) is 18.5 Å². The molecule has 2 aliphatic rings. The number of thiophene rings is 1. The maximum absolute atomic E-state index is 12.2. The van der Waals surface area contributed by atoms with Crippen LogP contribution in [0, 0.1) is 17.2 Å². The molecule has 1 saturated heterocycles. The minimum atomic E-state index is -0.600. The van der Waals surface area contributed by atoms with Gasteiger partial charge >= 0.3 is 5.97 Å². The number of esters is 1. The third kappa shape index (κ3) is 7.34. The fourth-order valence-corrected chi connectivity index (χ4v) is 8.64. The zero-order valence-electron chi connectivity index (χ0n) is 31.1. The number of hydrogen-bond acceptors (Lipinski definition) is 15. The molecule has 2 N–H and O–H groups in total. The summed E-state index contributed by atoms with van der Waals surface area (Å²) in [5, 5.41) is 23.0. The summed E-state index contributed by atoms with van der Waals surface area (Å²) in [6.07, 6.45) is 8.74. The smallest absolute Gasteiger partial charge is 0.330 e. The Labute approximate surface area is 308 Å². The molecular formula is C36H49N11O4S. The van der Waals surface area contributed by atoms with Gasteiger partial charge in [0.2, 0.25) is 17.7 Å². The Bertz CT molecular complexity index is 1910. The van der Waals surface area contributed by atoms with Crippen LogP contribution in [0.5, 0.6) is 5.88 Å². The van der Waals surface area contributed by atoms with Crippen LogP contribution >= 0.6 is 11.3 Å². The molecule has 1 fully saturated rings. The lowest BCUT2D eigenvalue weighted by Gasteiger charge is -2.37. The van der Waals surface area contributed by atoms with Crippen LogP contribution in [-0.4, -0.2) is 90.9 Å². The Hall–Kier alpha value is -4.62. The van der Waals surface area contributed by atoms with Crippen molar-refractivity contribution in [1.29, 1.82) is 5.26 Å². The van der Waals surface area contributed by atoms with Gasteiger partial charge in [0, 0.05) is 41.3 Å². The minimum Gasteiger partial charge on any atom is -0.475 e. The monoisotopic (exact) mass is 731 g/mol. The van der Waals surface area contributed by atoms with E-state index in [4.69, 9.17) is 29.7 Å². The number of aryl methyl sites for hydroxylation is 1. The summed E-state index contributed by atoms with van der Waals surface area (Å²) < 4.78 is 18.2. The van der Waals surface area contributed by atoms with Crippen LogP contribution in [0.4, 0.5) is 10.9 Å². The van der Waals surface area contributed by atoms with E-state index in [0.29, 0.717) is 46.4 Å². The Balaban J connectivity index is 1.08. The number of nitriles is 1. The number of hydrogen-bond donors (Lipinski definition) is 1. The molecule has 15 nitrogen and oxygen atoms in total. The van der Waals surface area contributed by atoms with Gasteiger partial charge in [0.15, 0.2) is 6.04 Å². The highest BCUT2D eigenvalue weighted by atomic mass is 32.1. The molecule has 4 aromatic rings. The predicted molar refractivity (Wildman–Crippen MR) is 196 cm³/mol. The van der Waals surface area contributed by atoms with E-state index in [9.17, 15) is 10.1 Å². The average molecular weight is 732 g/mol. The van der Waals surface area contributed by atoms with Crippen molar-refractivity contribution in [3.05, 3.63) is 40.4 Å². The highest BCUT2D eigenvalue weighted by Gasteiger charge is 2.43. The van der Waals surface area contributed by atoms with E-state index in [-0.39, 0.29) is 23.5 Å². The lowest BCUT2D eigenvalue weighted by molar-refractivity contribution is -0.146. The third-order valence-electron chi connectivity index (χ3n) is 10.5. The van der Waals surface area contributed by atoms with E-state index in [2.05, 4.69) is 64.0 Å². The number of methoxy groups -OCH3 is 1. The first-order chi connectivity index (χ1) is 24.9. The van der Waals surface area contributed by atoms with Gasteiger partial charge in [-0.1, -0.05) is 29.3 Å². The SMILES string of the molecule is COC(=O)C(C(C)C)n1cc(OCCCCN2C[C@H](C)N(c3nccc(-c4noc([C@@]5(C)CCCc6sc(N)c(C#N)c65)n4)n3)CCC2(C)C)nn1. The summed E-state index contributed by atoms with van der Waals surface area (Å²) in [4.78, 5) is 32.6. The Morgan fingerprint density at radius 3 is 2.79 bits per heavy atom. The number of carbonyl (C=O) groups is 1. The van der Waals surface area contributed by atoms with Crippen molar-refractivity contribution in [3.63, 3.8) is 0 Å². The molecule has 3 atom stereocenters. The van der Waals surface area contributed by atoms with E-state index in [1.807, 2.05) is 13.8 Å². The second kappa shape index (κ2) is 15.2. The molecule has 1 aliphatic carbocycles. The molecular weight excluding hydrogens is 683 g/mol. The standard InChI is InChI=1S/C36H49N11O4S/c1-22(2)29(32(48)49-7)47-21-27(42-44-47)50-18-9-8-16-45-20-23(3)46(17-14-35(45,4)5)34-39-15-12-25(40-34)31-41-33(51-43-31)36(6)13-10-11-26-28(36)24(19-37)30(38)52-26/h12,15,21-23,29H,8-11,13-14,16-18,20,38H2,1-7H3/t23-,29?,36-/m0/s1. The van der Waals surface area contributed by atoms with E-state index in [1.165, 1.54) is 23.1 Å². The first kappa shape index (κ1) is 37.1. The number of nitrogen functional groups attached to an aromatic ring is 1. The molecule has 0 amide bonds. The third-order valence-corrected chi connectivity index (χ3v) is 11.6. The van der Waals surface area contributed by atoms with Crippen LogP contribution < -0.4 is 15.4 Å². The molecule has 0 bridgehead atoms. The van der Waals surface area contributed by atoms with Crippen molar-refractivity contribution in [2.45, 2.75) is 103 Å². The van der Waals surface area contributed by atoms with Crippen LogP contribution in [0.15, 0.2) is 23.0 Å². The fraction of sp³-hybridized carbons (Fsp3) is 0.611. The fourth-order valence-electron chi connectivity index (χ4n) is 7.45. The van der Waals surface area contributed by atoms with Gasteiger partial charge in [-0.25, -0.2) is 19.4 Å². The lowest BCUT2D eigenvalue weighted by atomic mass is 9.72. The molecule has 16 heteroatoms. The molecule has 6 rings (SSSR count). The van der Waals surface area contributed by atoms with Crippen molar-refractivity contribution in [1.82, 2.24) is 40.0 Å². The largest absolute Gasteiger partial charge is 0.475 e. The van der Waals surface area contributed by atoms with E-state index < -0.39 is 11.5 Å². The van der Waals surface area contributed by atoms with Crippen LogP contribution in [-0.2, 0) is 21.4 Å². The summed E-state index contributed by atoms with van der Waals surface area (Å²) in [7, 11) is 1.37. The summed E-state index contributed by atoms with van der Waals surface area (Å²) in [6, 6.07) is 3.72. The molecule has 1 unspecified atom stereocenters. The molecule has 52 heavy (non-hydrogen) atoms. The molecule has 0 aromatic carbocycles. The maximum atomic E-state index is 12.2. The van der Waals surface area contributed by atoms with Crippen LogP contribution in [0.3, 0.4) is 0 Å². The van der Waals surface area contributed by atoms with E-state index in [0.717, 1.165) is 68.6 Å². The number of carbonyl (C=O) groups excluding carboxylic acids is 1. The van der Waals surface area contributed by atoms with Crippen molar-refractivity contribution >= 4 is 28.3 Å². The number of aromatic nitrogens is 7. The summed E-state index contributed by atoms with van der Waals surface area (Å²) in [5.74, 6) is 1.53. The van der Waals surface area contributed by atoms with Crippen molar-refractivity contribution in [2.24, 2.45) is 5.92 Å². The molecule has 5 heterocycles. The molecule has 4 aromatic heterocycles. The van der Waals surface area contributed by atoms with Crippen molar-refractivity contribution < 1.29 is 18.8 Å². The molecule has 278 valence electrons. The number of nitrogens with zero attached hydrogens (tertiary/aromatic N) is 10. The van der Waals surface area contributed by atoms with Crippen LogP contribution in [0.2, 0.25) is 0 Å². The number of anilines is 2. The first-order valence-electron chi connectivity index (χ1n) is 18.0. The normalized spacial score (nSPS) is 21.0.